The summed E-state index contributed by atoms with van der Waals surface area (Å²) in [6.07, 6.45) is 2.90. The molecule has 0 aromatic heterocycles. The third-order valence-corrected chi connectivity index (χ3v) is 4.86. The first kappa shape index (κ1) is 15.1. The van der Waals surface area contributed by atoms with Gasteiger partial charge in [0.05, 0.1) is 0 Å². The first-order chi connectivity index (χ1) is 7.48. The van der Waals surface area contributed by atoms with Crippen LogP contribution in [0.3, 0.4) is 0 Å². The molecule has 0 aromatic rings. The molecule has 0 spiro atoms. The van der Waals surface area contributed by atoms with Crippen LogP contribution in [-0.4, -0.2) is 40.4 Å². The highest BCUT2D eigenvalue weighted by Crippen LogP contribution is 2.32. The van der Waals surface area contributed by atoms with E-state index in [4.69, 9.17) is 5.73 Å². The van der Waals surface area contributed by atoms with Gasteiger partial charge >= 0.3 is 0 Å². The van der Waals surface area contributed by atoms with E-state index in [1.807, 2.05) is 11.8 Å². The molecule has 17 heavy (non-hydrogen) atoms. The van der Waals surface area contributed by atoms with Crippen molar-refractivity contribution in [2.24, 2.45) is 11.7 Å². The standard InChI is InChI=1S/C12H22N2OS.ClH/c1-12(2)8-14(5-6-16-12)11(15)9-3-4-10(13)7-9;/h9-10H,3-8,13H2,1-2H3;1H. The van der Waals surface area contributed by atoms with Crippen molar-refractivity contribution in [3.05, 3.63) is 0 Å². The molecule has 1 aliphatic carbocycles. The molecule has 1 heterocycles. The minimum absolute atomic E-state index is 0. The van der Waals surface area contributed by atoms with Gasteiger partial charge in [-0.3, -0.25) is 4.79 Å². The lowest BCUT2D eigenvalue weighted by molar-refractivity contribution is -0.135. The number of halogens is 1. The molecule has 1 saturated heterocycles. The highest BCUT2D eigenvalue weighted by atomic mass is 35.5. The van der Waals surface area contributed by atoms with Crippen molar-refractivity contribution in [2.75, 3.05) is 18.8 Å². The number of rotatable bonds is 1. The van der Waals surface area contributed by atoms with Gasteiger partial charge in [-0.1, -0.05) is 0 Å². The highest BCUT2D eigenvalue weighted by Gasteiger charge is 2.35. The molecule has 1 saturated carbocycles. The largest absolute Gasteiger partial charge is 0.340 e. The molecular formula is C12H23ClN2OS. The molecule has 3 nitrogen and oxygen atoms in total. The molecule has 1 amide bonds. The van der Waals surface area contributed by atoms with Gasteiger partial charge in [0.15, 0.2) is 0 Å². The van der Waals surface area contributed by atoms with Crippen molar-refractivity contribution >= 4 is 30.1 Å². The predicted molar refractivity (Wildman–Crippen MR) is 75.7 cm³/mol. The molecule has 100 valence electrons. The molecule has 2 N–H and O–H groups in total. The summed E-state index contributed by atoms with van der Waals surface area (Å²) < 4.78 is 0.217. The molecular weight excluding hydrogens is 256 g/mol. The van der Waals surface area contributed by atoms with E-state index in [1.54, 1.807) is 0 Å². The average molecular weight is 279 g/mol. The van der Waals surface area contributed by atoms with Gasteiger partial charge in [-0.05, 0) is 33.1 Å². The summed E-state index contributed by atoms with van der Waals surface area (Å²) in [4.78, 5) is 14.3. The van der Waals surface area contributed by atoms with Crippen LogP contribution in [0.5, 0.6) is 0 Å². The van der Waals surface area contributed by atoms with Gasteiger partial charge in [-0.2, -0.15) is 11.8 Å². The van der Waals surface area contributed by atoms with Gasteiger partial charge in [0.25, 0.3) is 0 Å². The topological polar surface area (TPSA) is 46.3 Å². The minimum atomic E-state index is 0. The van der Waals surface area contributed by atoms with Crippen LogP contribution in [0.15, 0.2) is 0 Å². The number of thioether (sulfide) groups is 1. The summed E-state index contributed by atoms with van der Waals surface area (Å²) in [7, 11) is 0. The Morgan fingerprint density at radius 2 is 2.12 bits per heavy atom. The number of hydrogen-bond acceptors (Lipinski definition) is 3. The summed E-state index contributed by atoms with van der Waals surface area (Å²) in [5.74, 6) is 1.62. The Kier molecular flexibility index (Phi) is 5.17. The normalized spacial score (nSPS) is 32.1. The predicted octanol–water partition coefficient (Wildman–Crippen LogP) is 1.89. The van der Waals surface area contributed by atoms with E-state index in [-0.39, 0.29) is 29.1 Å². The molecule has 0 bridgehead atoms. The van der Waals surface area contributed by atoms with Gasteiger partial charge in [-0.25, -0.2) is 0 Å². The van der Waals surface area contributed by atoms with Crippen LogP contribution in [0, 0.1) is 5.92 Å². The minimum Gasteiger partial charge on any atom is -0.340 e. The molecule has 5 heteroatoms. The lowest BCUT2D eigenvalue weighted by Gasteiger charge is -2.38. The molecule has 2 unspecified atom stereocenters. The van der Waals surface area contributed by atoms with Crippen LogP contribution < -0.4 is 5.73 Å². The van der Waals surface area contributed by atoms with Crippen molar-refractivity contribution < 1.29 is 4.79 Å². The zero-order chi connectivity index (χ0) is 11.8. The molecule has 2 aliphatic rings. The lowest BCUT2D eigenvalue weighted by Crippen LogP contribution is -2.48. The Bertz CT molecular complexity index is 286. The Morgan fingerprint density at radius 3 is 2.65 bits per heavy atom. The summed E-state index contributed by atoms with van der Waals surface area (Å²) in [5.41, 5.74) is 5.87. The second-order valence-electron chi connectivity index (χ2n) is 5.64. The summed E-state index contributed by atoms with van der Waals surface area (Å²) in [6.45, 7) is 6.25. The van der Waals surface area contributed by atoms with Crippen molar-refractivity contribution in [3.63, 3.8) is 0 Å². The average Bonchev–Trinajstić information content (AvgIpc) is 2.62. The molecule has 0 radical (unpaired) electrons. The van der Waals surface area contributed by atoms with E-state index in [2.05, 4.69) is 18.7 Å². The van der Waals surface area contributed by atoms with E-state index in [0.29, 0.717) is 5.91 Å². The maximum Gasteiger partial charge on any atom is 0.225 e. The first-order valence-corrected chi connectivity index (χ1v) is 7.15. The van der Waals surface area contributed by atoms with Crippen molar-refractivity contribution in [3.8, 4) is 0 Å². The van der Waals surface area contributed by atoms with E-state index in [0.717, 1.165) is 38.1 Å². The Balaban J connectivity index is 0.00000144. The third-order valence-electron chi connectivity index (χ3n) is 3.56. The van der Waals surface area contributed by atoms with Crippen molar-refractivity contribution in [1.29, 1.82) is 0 Å². The van der Waals surface area contributed by atoms with Gasteiger partial charge in [0.1, 0.15) is 0 Å². The van der Waals surface area contributed by atoms with Crippen LogP contribution in [0.1, 0.15) is 33.1 Å². The Labute approximate surface area is 114 Å². The zero-order valence-electron chi connectivity index (χ0n) is 10.6. The number of nitrogens with two attached hydrogens (primary N) is 1. The maximum absolute atomic E-state index is 12.3. The van der Waals surface area contributed by atoms with E-state index in [1.165, 1.54) is 0 Å². The monoisotopic (exact) mass is 278 g/mol. The SMILES string of the molecule is CC1(C)CN(C(=O)C2CCC(N)C2)CCS1.Cl. The fourth-order valence-electron chi connectivity index (χ4n) is 2.70. The Hall–Kier alpha value is 0.0700. The molecule has 0 aromatic carbocycles. The molecule has 2 fully saturated rings. The van der Waals surface area contributed by atoms with Gasteiger partial charge in [0.2, 0.25) is 5.91 Å². The van der Waals surface area contributed by atoms with Crippen LogP contribution >= 0.6 is 24.2 Å². The van der Waals surface area contributed by atoms with E-state index < -0.39 is 0 Å². The zero-order valence-corrected chi connectivity index (χ0v) is 12.3. The maximum atomic E-state index is 12.3. The number of carbonyl (C=O) groups is 1. The molecule has 1 aliphatic heterocycles. The van der Waals surface area contributed by atoms with Gasteiger partial charge < -0.3 is 10.6 Å². The lowest BCUT2D eigenvalue weighted by atomic mass is 10.0. The number of nitrogens with zero attached hydrogens (tertiary/aromatic N) is 1. The second kappa shape index (κ2) is 5.81. The fourth-order valence-corrected chi connectivity index (χ4v) is 3.81. The van der Waals surface area contributed by atoms with Crippen LogP contribution in [0.4, 0.5) is 0 Å². The molecule has 2 atom stereocenters. The first-order valence-electron chi connectivity index (χ1n) is 6.16. The summed E-state index contributed by atoms with van der Waals surface area (Å²) >= 11 is 1.97. The highest BCUT2D eigenvalue weighted by molar-refractivity contribution is 8.00. The third kappa shape index (κ3) is 3.76. The van der Waals surface area contributed by atoms with Gasteiger partial charge in [-0.15, -0.1) is 12.4 Å². The molecule has 2 rings (SSSR count). The van der Waals surface area contributed by atoms with Crippen LogP contribution in [-0.2, 0) is 4.79 Å². The van der Waals surface area contributed by atoms with Gasteiger partial charge in [0, 0.05) is 35.5 Å². The van der Waals surface area contributed by atoms with Crippen LogP contribution in [0.2, 0.25) is 0 Å². The van der Waals surface area contributed by atoms with Crippen molar-refractivity contribution in [1.82, 2.24) is 4.90 Å². The van der Waals surface area contributed by atoms with E-state index in [9.17, 15) is 4.79 Å². The number of amides is 1. The summed E-state index contributed by atoms with van der Waals surface area (Å²) in [5, 5.41) is 0. The van der Waals surface area contributed by atoms with Crippen LogP contribution in [0.25, 0.3) is 0 Å². The number of carbonyl (C=O) groups excluding carboxylic acids is 1. The fraction of sp³-hybridized carbons (Fsp3) is 0.917. The van der Waals surface area contributed by atoms with E-state index >= 15 is 0 Å². The van der Waals surface area contributed by atoms with Crippen molar-refractivity contribution in [2.45, 2.75) is 43.9 Å². The number of hydrogen-bond donors (Lipinski definition) is 1. The summed E-state index contributed by atoms with van der Waals surface area (Å²) in [6, 6.07) is 0.251. The Morgan fingerprint density at radius 1 is 1.41 bits per heavy atom. The quantitative estimate of drug-likeness (QED) is 0.797. The smallest absolute Gasteiger partial charge is 0.225 e. The second-order valence-corrected chi connectivity index (χ2v) is 7.44.